The number of rotatable bonds is 7. The number of ether oxygens (including phenoxy) is 2. The third-order valence-corrected chi connectivity index (χ3v) is 6.29. The second-order valence-corrected chi connectivity index (χ2v) is 10.1. The topological polar surface area (TPSA) is 74.4 Å². The van der Waals surface area contributed by atoms with E-state index in [4.69, 9.17) is 9.47 Å². The summed E-state index contributed by atoms with van der Waals surface area (Å²) >= 11 is 0. The van der Waals surface area contributed by atoms with Gasteiger partial charge in [0.05, 0.1) is 13.7 Å². The molecule has 1 aromatic rings. The van der Waals surface area contributed by atoms with E-state index >= 15 is 0 Å². The number of hydrogen-bond donors (Lipinski definition) is 1. The lowest BCUT2D eigenvalue weighted by molar-refractivity contribution is -0.134. The average molecular weight is 461 g/mol. The van der Waals surface area contributed by atoms with Crippen LogP contribution in [0.2, 0.25) is 0 Å². The van der Waals surface area contributed by atoms with E-state index in [1.54, 1.807) is 7.11 Å². The predicted molar refractivity (Wildman–Crippen MR) is 128 cm³/mol. The van der Waals surface area contributed by atoms with Gasteiger partial charge in [-0.15, -0.1) is 0 Å². The van der Waals surface area contributed by atoms with Crippen molar-refractivity contribution in [2.24, 2.45) is 5.92 Å². The Bertz CT molecular complexity index is 762. The molecule has 2 aliphatic heterocycles. The van der Waals surface area contributed by atoms with Crippen molar-refractivity contribution in [3.05, 3.63) is 29.8 Å². The molecule has 0 spiro atoms. The zero-order valence-corrected chi connectivity index (χ0v) is 20.6. The van der Waals surface area contributed by atoms with Gasteiger partial charge < -0.3 is 19.7 Å². The van der Waals surface area contributed by atoms with Crippen molar-refractivity contribution in [2.75, 3.05) is 59.5 Å². The predicted octanol–water partition coefficient (Wildman–Crippen LogP) is 2.58. The minimum atomic E-state index is -0.477. The van der Waals surface area contributed by atoms with E-state index < -0.39 is 5.60 Å². The number of nitrogens with one attached hydrogen (secondary N) is 1. The maximum Gasteiger partial charge on any atom is 0.407 e. The summed E-state index contributed by atoms with van der Waals surface area (Å²) in [6, 6.07) is 8.18. The molecule has 3 rings (SSSR count). The van der Waals surface area contributed by atoms with Gasteiger partial charge in [0.2, 0.25) is 5.91 Å². The minimum absolute atomic E-state index is 0.226. The molecule has 0 saturated carbocycles. The molecule has 33 heavy (non-hydrogen) atoms. The standard InChI is InChI=1S/C25H40N4O4/c1-25(2,3)33-24(31)26-17-20-9-11-27(12-10-20)19-23(30)29-15-13-28(14-16-29)18-21-5-7-22(32-4)8-6-21/h5-8,20H,9-19H2,1-4H3,(H,26,31). The molecule has 0 radical (unpaired) electrons. The summed E-state index contributed by atoms with van der Waals surface area (Å²) in [5, 5.41) is 2.88. The van der Waals surface area contributed by atoms with Gasteiger partial charge in [0.25, 0.3) is 0 Å². The molecular weight excluding hydrogens is 420 g/mol. The second-order valence-electron chi connectivity index (χ2n) is 10.1. The van der Waals surface area contributed by atoms with Crippen molar-refractivity contribution >= 4 is 12.0 Å². The summed E-state index contributed by atoms with van der Waals surface area (Å²) < 4.78 is 10.5. The molecule has 2 aliphatic rings. The molecule has 1 aromatic carbocycles. The van der Waals surface area contributed by atoms with E-state index in [-0.39, 0.29) is 12.0 Å². The van der Waals surface area contributed by atoms with E-state index in [0.717, 1.165) is 64.4 Å². The monoisotopic (exact) mass is 460 g/mol. The van der Waals surface area contributed by atoms with E-state index in [9.17, 15) is 9.59 Å². The number of alkyl carbamates (subject to hydrolysis) is 1. The average Bonchev–Trinajstić information content (AvgIpc) is 2.78. The number of methoxy groups -OCH3 is 1. The summed E-state index contributed by atoms with van der Waals surface area (Å²) in [6.07, 6.45) is 1.61. The van der Waals surface area contributed by atoms with Crippen LogP contribution in [0.3, 0.4) is 0 Å². The van der Waals surface area contributed by atoms with Crippen LogP contribution in [0.4, 0.5) is 4.79 Å². The highest BCUT2D eigenvalue weighted by molar-refractivity contribution is 5.78. The molecule has 2 amide bonds. The molecular formula is C25H40N4O4. The van der Waals surface area contributed by atoms with Gasteiger partial charge in [0.15, 0.2) is 0 Å². The van der Waals surface area contributed by atoms with E-state index in [2.05, 4.69) is 27.2 Å². The highest BCUT2D eigenvalue weighted by Gasteiger charge is 2.26. The van der Waals surface area contributed by atoms with Crippen molar-refractivity contribution in [3.63, 3.8) is 0 Å². The fourth-order valence-corrected chi connectivity index (χ4v) is 4.33. The number of piperidine rings is 1. The van der Waals surface area contributed by atoms with Crippen LogP contribution in [0, 0.1) is 5.92 Å². The minimum Gasteiger partial charge on any atom is -0.497 e. The number of carbonyl (C=O) groups is 2. The lowest BCUT2D eigenvalue weighted by Crippen LogP contribution is -2.51. The fraction of sp³-hybridized carbons (Fsp3) is 0.680. The Morgan fingerprint density at radius 2 is 1.61 bits per heavy atom. The van der Waals surface area contributed by atoms with Gasteiger partial charge in [-0.25, -0.2) is 4.79 Å². The third-order valence-electron chi connectivity index (χ3n) is 6.29. The normalized spacial score (nSPS) is 18.7. The van der Waals surface area contributed by atoms with Crippen molar-refractivity contribution in [3.8, 4) is 5.75 Å². The Morgan fingerprint density at radius 1 is 0.970 bits per heavy atom. The SMILES string of the molecule is COc1ccc(CN2CCN(C(=O)CN3CCC(CNC(=O)OC(C)(C)C)CC3)CC2)cc1. The van der Waals surface area contributed by atoms with Gasteiger partial charge in [-0.3, -0.25) is 14.6 Å². The van der Waals surface area contributed by atoms with Gasteiger partial charge in [-0.05, 0) is 70.3 Å². The van der Waals surface area contributed by atoms with Gasteiger partial charge in [-0.2, -0.15) is 0 Å². The smallest absolute Gasteiger partial charge is 0.407 e. The third kappa shape index (κ3) is 8.51. The van der Waals surface area contributed by atoms with Crippen molar-refractivity contribution < 1.29 is 19.1 Å². The van der Waals surface area contributed by atoms with Crippen LogP contribution in [0.15, 0.2) is 24.3 Å². The first-order valence-corrected chi connectivity index (χ1v) is 12.0. The number of carbonyl (C=O) groups excluding carboxylic acids is 2. The first-order valence-electron chi connectivity index (χ1n) is 12.0. The van der Waals surface area contributed by atoms with Crippen LogP contribution in [0.25, 0.3) is 0 Å². The maximum atomic E-state index is 12.8. The molecule has 2 heterocycles. The first-order chi connectivity index (χ1) is 15.7. The summed E-state index contributed by atoms with van der Waals surface area (Å²) in [5.41, 5.74) is 0.786. The van der Waals surface area contributed by atoms with Crippen molar-refractivity contribution in [2.45, 2.75) is 45.8 Å². The molecule has 8 nitrogen and oxygen atoms in total. The summed E-state index contributed by atoms with van der Waals surface area (Å²) in [5.74, 6) is 1.53. The van der Waals surface area contributed by atoms with Crippen LogP contribution in [0.5, 0.6) is 5.75 Å². The van der Waals surface area contributed by atoms with Crippen LogP contribution in [0.1, 0.15) is 39.2 Å². The van der Waals surface area contributed by atoms with Crippen LogP contribution >= 0.6 is 0 Å². The van der Waals surface area contributed by atoms with E-state index in [1.165, 1.54) is 5.56 Å². The van der Waals surface area contributed by atoms with Gasteiger partial charge >= 0.3 is 6.09 Å². The maximum absolute atomic E-state index is 12.8. The molecule has 0 aliphatic carbocycles. The zero-order valence-electron chi connectivity index (χ0n) is 20.6. The number of nitrogens with zero attached hydrogens (tertiary/aromatic N) is 3. The molecule has 184 valence electrons. The van der Waals surface area contributed by atoms with Crippen LogP contribution in [-0.4, -0.2) is 91.8 Å². The number of piperazine rings is 1. The molecule has 0 aromatic heterocycles. The highest BCUT2D eigenvalue weighted by atomic mass is 16.6. The molecule has 2 fully saturated rings. The molecule has 8 heteroatoms. The van der Waals surface area contributed by atoms with Crippen LogP contribution in [-0.2, 0) is 16.1 Å². The largest absolute Gasteiger partial charge is 0.497 e. The van der Waals surface area contributed by atoms with E-state index in [1.807, 2.05) is 37.8 Å². The molecule has 0 unspecified atom stereocenters. The molecule has 2 saturated heterocycles. The highest BCUT2D eigenvalue weighted by Crippen LogP contribution is 2.18. The Morgan fingerprint density at radius 3 is 2.18 bits per heavy atom. The molecule has 0 atom stereocenters. The molecule has 0 bridgehead atoms. The quantitative estimate of drug-likeness (QED) is 0.674. The Balaban J connectivity index is 1.31. The first kappa shape index (κ1) is 25.3. The van der Waals surface area contributed by atoms with Gasteiger partial charge in [0, 0.05) is 39.3 Å². The van der Waals surface area contributed by atoms with Gasteiger partial charge in [-0.1, -0.05) is 12.1 Å². The number of benzene rings is 1. The summed E-state index contributed by atoms with van der Waals surface area (Å²) in [4.78, 5) is 31.3. The van der Waals surface area contributed by atoms with Crippen molar-refractivity contribution in [1.29, 1.82) is 0 Å². The number of amides is 2. The Kier molecular flexibility index (Phi) is 8.97. The second kappa shape index (κ2) is 11.7. The van der Waals surface area contributed by atoms with Crippen LogP contribution < -0.4 is 10.1 Å². The van der Waals surface area contributed by atoms with Crippen molar-refractivity contribution in [1.82, 2.24) is 20.0 Å². The fourth-order valence-electron chi connectivity index (χ4n) is 4.33. The zero-order chi connectivity index (χ0) is 23.8. The number of hydrogen-bond acceptors (Lipinski definition) is 6. The summed E-state index contributed by atoms with van der Waals surface area (Å²) in [7, 11) is 1.68. The number of likely N-dealkylation sites (tertiary alicyclic amines) is 1. The Hall–Kier alpha value is -2.32. The lowest BCUT2D eigenvalue weighted by atomic mass is 9.97. The van der Waals surface area contributed by atoms with Gasteiger partial charge in [0.1, 0.15) is 11.4 Å². The Labute approximate surface area is 198 Å². The summed E-state index contributed by atoms with van der Waals surface area (Å²) in [6.45, 7) is 12.8. The molecule has 1 N–H and O–H groups in total. The lowest BCUT2D eigenvalue weighted by Gasteiger charge is -2.37. The van der Waals surface area contributed by atoms with E-state index in [0.29, 0.717) is 19.0 Å².